The summed E-state index contributed by atoms with van der Waals surface area (Å²) < 4.78 is 24.7. The largest absolute Gasteiger partial charge is 0.351 e. The molecular formula is C20H22N2O3S2. The third kappa shape index (κ3) is 5.84. The summed E-state index contributed by atoms with van der Waals surface area (Å²) in [5.41, 5.74) is 1.81. The van der Waals surface area contributed by atoms with Crippen molar-refractivity contribution in [1.29, 1.82) is 5.26 Å². The smallest absolute Gasteiger partial charge is 0.252 e. The molecule has 0 atom stereocenters. The molecule has 2 aromatic carbocycles. The predicted molar refractivity (Wildman–Crippen MR) is 108 cm³/mol. The van der Waals surface area contributed by atoms with Gasteiger partial charge in [-0.1, -0.05) is 37.3 Å². The molecule has 5 nitrogen and oxygen atoms in total. The number of amides is 1. The molecule has 0 aliphatic heterocycles. The zero-order valence-electron chi connectivity index (χ0n) is 15.1. The number of benzene rings is 2. The van der Waals surface area contributed by atoms with Crippen molar-refractivity contribution in [3.05, 3.63) is 65.2 Å². The number of sulfone groups is 1. The third-order valence-corrected chi connectivity index (χ3v) is 6.85. The van der Waals surface area contributed by atoms with Crippen LogP contribution in [0.3, 0.4) is 0 Å². The lowest BCUT2D eigenvalue weighted by Crippen LogP contribution is -2.27. The third-order valence-electron chi connectivity index (χ3n) is 3.87. The van der Waals surface area contributed by atoms with Gasteiger partial charge in [0.1, 0.15) is 0 Å². The Morgan fingerprint density at radius 1 is 1.15 bits per heavy atom. The zero-order valence-corrected chi connectivity index (χ0v) is 16.8. The van der Waals surface area contributed by atoms with Crippen LogP contribution in [-0.4, -0.2) is 32.4 Å². The van der Waals surface area contributed by atoms with Crippen LogP contribution in [0, 0.1) is 11.3 Å². The normalized spacial score (nSPS) is 11.0. The molecule has 2 rings (SSSR count). The first-order valence-corrected chi connectivity index (χ1v) is 11.5. The summed E-state index contributed by atoms with van der Waals surface area (Å²) in [7, 11) is -3.46. The van der Waals surface area contributed by atoms with Gasteiger partial charge in [0.2, 0.25) is 0 Å². The number of nitrogens with zero attached hydrogens (tertiary/aromatic N) is 1. The molecule has 0 radical (unpaired) electrons. The second kappa shape index (κ2) is 10.1. The molecule has 142 valence electrons. The highest BCUT2D eigenvalue weighted by molar-refractivity contribution is 7.98. The fraction of sp³-hybridized carbons (Fsp3) is 0.300. The van der Waals surface area contributed by atoms with Crippen LogP contribution in [0.15, 0.2) is 53.4 Å². The van der Waals surface area contributed by atoms with Gasteiger partial charge in [0.25, 0.3) is 5.91 Å². The summed E-state index contributed by atoms with van der Waals surface area (Å²) in [6.45, 7) is 2.21. The Morgan fingerprint density at radius 2 is 1.85 bits per heavy atom. The van der Waals surface area contributed by atoms with Gasteiger partial charge in [0.15, 0.2) is 9.84 Å². The van der Waals surface area contributed by atoms with Crippen LogP contribution in [-0.2, 0) is 15.6 Å². The van der Waals surface area contributed by atoms with Gasteiger partial charge in [-0.2, -0.15) is 17.0 Å². The molecule has 2 aromatic rings. The van der Waals surface area contributed by atoms with Crippen LogP contribution in [0.5, 0.6) is 0 Å². The number of carbonyl (C=O) groups is 1. The van der Waals surface area contributed by atoms with Gasteiger partial charge in [-0.3, -0.25) is 4.79 Å². The van der Waals surface area contributed by atoms with Crippen LogP contribution in [0.25, 0.3) is 0 Å². The number of thioether (sulfide) groups is 1. The van der Waals surface area contributed by atoms with E-state index in [1.54, 1.807) is 36.9 Å². The number of hydrogen-bond acceptors (Lipinski definition) is 5. The average molecular weight is 403 g/mol. The predicted octanol–water partition coefficient (Wildman–Crippen LogP) is 3.41. The van der Waals surface area contributed by atoms with Crippen molar-refractivity contribution < 1.29 is 13.2 Å². The minimum absolute atomic E-state index is 0.0193. The van der Waals surface area contributed by atoms with Crippen LogP contribution in [0.4, 0.5) is 0 Å². The second-order valence-corrected chi connectivity index (χ2v) is 9.08. The van der Waals surface area contributed by atoms with Gasteiger partial charge in [0.05, 0.1) is 27.8 Å². The van der Waals surface area contributed by atoms with Crippen molar-refractivity contribution >= 4 is 27.5 Å². The lowest BCUT2D eigenvalue weighted by atomic mass is 10.1. The minimum Gasteiger partial charge on any atom is -0.351 e. The zero-order chi connectivity index (χ0) is 19.7. The van der Waals surface area contributed by atoms with Crippen molar-refractivity contribution in [1.82, 2.24) is 5.32 Å². The van der Waals surface area contributed by atoms with E-state index in [1.807, 2.05) is 18.2 Å². The van der Waals surface area contributed by atoms with E-state index >= 15 is 0 Å². The highest BCUT2D eigenvalue weighted by atomic mass is 32.2. The quantitative estimate of drug-likeness (QED) is 0.650. The lowest BCUT2D eigenvalue weighted by molar-refractivity contribution is 0.0953. The molecule has 0 aromatic heterocycles. The van der Waals surface area contributed by atoms with E-state index in [0.29, 0.717) is 30.0 Å². The van der Waals surface area contributed by atoms with Crippen molar-refractivity contribution in [2.24, 2.45) is 0 Å². The van der Waals surface area contributed by atoms with Gasteiger partial charge in [-0.15, -0.1) is 0 Å². The van der Waals surface area contributed by atoms with Crippen molar-refractivity contribution in [3.63, 3.8) is 0 Å². The van der Waals surface area contributed by atoms with E-state index < -0.39 is 9.84 Å². The first kappa shape index (κ1) is 21.0. The van der Waals surface area contributed by atoms with Crippen molar-refractivity contribution in [3.8, 4) is 6.07 Å². The van der Waals surface area contributed by atoms with Gasteiger partial charge < -0.3 is 5.32 Å². The maximum atomic E-state index is 12.4. The molecule has 0 aliphatic rings. The highest BCUT2D eigenvalue weighted by Crippen LogP contribution is 2.18. The topological polar surface area (TPSA) is 87.0 Å². The molecule has 0 fully saturated rings. The fourth-order valence-electron chi connectivity index (χ4n) is 2.57. The maximum Gasteiger partial charge on any atom is 0.252 e. The summed E-state index contributed by atoms with van der Waals surface area (Å²) in [6, 6.07) is 15.9. The number of carbonyl (C=O) groups excluding carboxylic acids is 1. The van der Waals surface area contributed by atoms with E-state index in [9.17, 15) is 13.2 Å². The van der Waals surface area contributed by atoms with Crippen LogP contribution >= 0.6 is 11.8 Å². The Kier molecular flexibility index (Phi) is 7.89. The summed E-state index contributed by atoms with van der Waals surface area (Å²) in [5.74, 6) is 0.977. The Balaban J connectivity index is 1.91. The summed E-state index contributed by atoms with van der Waals surface area (Å²) in [5, 5.41) is 11.9. The standard InChI is InChI=1S/C20H22N2O3S2/c1-2-13-27(24,25)19-10-6-5-9-18(19)20(23)22-11-12-26-15-17-8-4-3-7-16(17)14-21/h3-10H,2,11-13,15H2,1H3,(H,22,23). The van der Waals surface area contributed by atoms with Crippen LogP contribution in [0.1, 0.15) is 34.8 Å². The van der Waals surface area contributed by atoms with Gasteiger partial charge in [-0.25, -0.2) is 8.42 Å². The molecule has 0 aliphatic carbocycles. The van der Waals surface area contributed by atoms with Crippen molar-refractivity contribution in [2.45, 2.75) is 24.0 Å². The van der Waals surface area contributed by atoms with E-state index in [0.717, 1.165) is 5.56 Å². The Hall–Kier alpha value is -2.30. The van der Waals surface area contributed by atoms with E-state index in [4.69, 9.17) is 5.26 Å². The second-order valence-electron chi connectivity index (χ2n) is 5.89. The molecule has 7 heteroatoms. The molecule has 1 amide bonds. The lowest BCUT2D eigenvalue weighted by Gasteiger charge is -2.10. The molecule has 0 spiro atoms. The first-order chi connectivity index (χ1) is 13.0. The van der Waals surface area contributed by atoms with E-state index in [2.05, 4.69) is 11.4 Å². The Morgan fingerprint density at radius 3 is 2.59 bits per heavy atom. The average Bonchev–Trinajstić information content (AvgIpc) is 2.68. The van der Waals surface area contributed by atoms with Gasteiger partial charge >= 0.3 is 0 Å². The monoisotopic (exact) mass is 402 g/mol. The maximum absolute atomic E-state index is 12.4. The number of hydrogen-bond donors (Lipinski definition) is 1. The molecule has 1 N–H and O–H groups in total. The Bertz CT molecular complexity index is 934. The van der Waals surface area contributed by atoms with E-state index in [-0.39, 0.29) is 22.1 Å². The first-order valence-electron chi connectivity index (χ1n) is 8.65. The summed E-state index contributed by atoms with van der Waals surface area (Å²) in [6.07, 6.45) is 0.499. The molecule has 27 heavy (non-hydrogen) atoms. The molecule has 0 saturated heterocycles. The molecule has 0 bridgehead atoms. The SMILES string of the molecule is CCCS(=O)(=O)c1ccccc1C(=O)NCCSCc1ccccc1C#N. The fourth-order valence-corrected chi connectivity index (χ4v) is 4.97. The summed E-state index contributed by atoms with van der Waals surface area (Å²) >= 11 is 1.61. The highest BCUT2D eigenvalue weighted by Gasteiger charge is 2.21. The number of nitriles is 1. The molecule has 0 heterocycles. The molecular weight excluding hydrogens is 380 g/mol. The summed E-state index contributed by atoms with van der Waals surface area (Å²) in [4.78, 5) is 12.5. The van der Waals surface area contributed by atoms with Crippen LogP contribution < -0.4 is 5.32 Å². The number of nitrogens with one attached hydrogen (secondary N) is 1. The molecule has 0 saturated carbocycles. The number of rotatable bonds is 9. The van der Waals surface area contributed by atoms with Gasteiger partial charge in [-0.05, 0) is 30.2 Å². The van der Waals surface area contributed by atoms with Crippen molar-refractivity contribution in [2.75, 3.05) is 18.1 Å². The van der Waals surface area contributed by atoms with Gasteiger partial charge in [0, 0.05) is 18.1 Å². The van der Waals surface area contributed by atoms with E-state index in [1.165, 1.54) is 12.1 Å². The molecule has 0 unspecified atom stereocenters. The van der Waals surface area contributed by atoms with Crippen LogP contribution in [0.2, 0.25) is 0 Å². The minimum atomic E-state index is -3.46. The Labute approximate surface area is 164 Å².